The molecule has 1 N–H and O–H groups in total. The first-order valence-electron chi connectivity index (χ1n) is 3.94. The molecule has 0 spiro atoms. The molecule has 0 atom stereocenters. The lowest BCUT2D eigenvalue weighted by Crippen LogP contribution is -2.29. The van der Waals surface area contributed by atoms with Crippen molar-refractivity contribution in [2.24, 2.45) is 0 Å². The molecule has 14 heavy (non-hydrogen) atoms. The maximum absolute atomic E-state index is 11.6. The highest BCUT2D eigenvalue weighted by Gasteiger charge is 2.35. The van der Waals surface area contributed by atoms with Crippen molar-refractivity contribution in [1.29, 1.82) is 0 Å². The zero-order valence-electron chi connectivity index (χ0n) is 7.16. The molecule has 6 heteroatoms. The lowest BCUT2D eigenvalue weighted by atomic mass is 9.81. The summed E-state index contributed by atoms with van der Waals surface area (Å²) in [7, 11) is -1.85. The SMILES string of the molecule is OB(Cc1ccccc1)OC(F)(F)F. The van der Waals surface area contributed by atoms with Crippen molar-refractivity contribution in [3.8, 4) is 0 Å². The van der Waals surface area contributed by atoms with Gasteiger partial charge in [0.1, 0.15) is 0 Å². The van der Waals surface area contributed by atoms with Crippen molar-refractivity contribution < 1.29 is 22.8 Å². The lowest BCUT2D eigenvalue weighted by Gasteiger charge is -2.10. The van der Waals surface area contributed by atoms with E-state index in [0.717, 1.165) is 0 Å². The molecular formula is C8H8BF3O2. The van der Waals surface area contributed by atoms with Crippen molar-refractivity contribution in [2.45, 2.75) is 12.7 Å². The average molecular weight is 204 g/mol. The molecule has 1 aromatic rings. The van der Waals surface area contributed by atoms with Gasteiger partial charge in [-0.05, 0) is 0 Å². The molecule has 0 heterocycles. The predicted octanol–water partition coefficient (Wildman–Crippen LogP) is 1.79. The van der Waals surface area contributed by atoms with E-state index < -0.39 is 13.5 Å². The molecule has 0 saturated heterocycles. The normalized spacial score (nSPS) is 11.4. The van der Waals surface area contributed by atoms with E-state index in [9.17, 15) is 13.2 Å². The Bertz CT molecular complexity index is 276. The van der Waals surface area contributed by atoms with Crippen molar-refractivity contribution in [3.05, 3.63) is 35.9 Å². The van der Waals surface area contributed by atoms with Gasteiger partial charge in [0, 0.05) is 6.32 Å². The number of rotatable bonds is 3. The Labute approximate surface area is 79.5 Å². The molecule has 0 amide bonds. The maximum Gasteiger partial charge on any atom is 0.510 e. The van der Waals surface area contributed by atoms with Crippen LogP contribution in [-0.2, 0) is 11.0 Å². The highest BCUT2D eigenvalue weighted by molar-refractivity contribution is 6.42. The minimum atomic E-state index is -4.80. The van der Waals surface area contributed by atoms with Gasteiger partial charge in [0.15, 0.2) is 0 Å². The summed E-state index contributed by atoms with van der Waals surface area (Å²) < 4.78 is 38.3. The second-order valence-corrected chi connectivity index (χ2v) is 2.71. The van der Waals surface area contributed by atoms with Crippen LogP contribution in [0.2, 0.25) is 0 Å². The molecule has 0 unspecified atom stereocenters. The van der Waals surface area contributed by atoms with E-state index >= 15 is 0 Å². The summed E-state index contributed by atoms with van der Waals surface area (Å²) in [6, 6.07) is 8.32. The standard InChI is InChI=1S/C8H8BF3O2/c10-8(11,12)14-9(13)6-7-4-2-1-3-5-7/h1-5,13H,6H2. The number of hydrogen-bond acceptors (Lipinski definition) is 2. The molecule has 0 fully saturated rings. The van der Waals surface area contributed by atoms with E-state index in [-0.39, 0.29) is 6.32 Å². The minimum Gasteiger partial charge on any atom is -0.427 e. The fourth-order valence-corrected chi connectivity index (χ4v) is 1.01. The van der Waals surface area contributed by atoms with Gasteiger partial charge in [-0.2, -0.15) is 0 Å². The molecule has 0 radical (unpaired) electrons. The van der Waals surface area contributed by atoms with Crippen LogP contribution in [0, 0.1) is 0 Å². The van der Waals surface area contributed by atoms with E-state index in [0.29, 0.717) is 5.56 Å². The van der Waals surface area contributed by atoms with Crippen molar-refractivity contribution in [3.63, 3.8) is 0 Å². The van der Waals surface area contributed by atoms with E-state index in [1.807, 2.05) is 0 Å². The Kier molecular flexibility index (Phi) is 3.54. The van der Waals surface area contributed by atoms with Gasteiger partial charge in [0.05, 0.1) is 0 Å². The third-order valence-corrected chi connectivity index (χ3v) is 1.52. The van der Waals surface area contributed by atoms with Crippen molar-refractivity contribution in [2.75, 3.05) is 0 Å². The van der Waals surface area contributed by atoms with Crippen LogP contribution in [0.15, 0.2) is 30.3 Å². The molecule has 0 aliphatic rings. The predicted molar refractivity (Wildman–Crippen MR) is 45.3 cm³/mol. The zero-order valence-corrected chi connectivity index (χ0v) is 7.16. The second kappa shape index (κ2) is 4.48. The van der Waals surface area contributed by atoms with Crippen molar-refractivity contribution >= 4 is 7.12 Å². The zero-order chi connectivity index (χ0) is 10.6. The van der Waals surface area contributed by atoms with Crippen LogP contribution in [-0.4, -0.2) is 18.5 Å². The molecule has 2 nitrogen and oxygen atoms in total. The highest BCUT2D eigenvalue weighted by atomic mass is 19.4. The van der Waals surface area contributed by atoms with Gasteiger partial charge in [0.2, 0.25) is 0 Å². The van der Waals surface area contributed by atoms with Gasteiger partial charge in [-0.15, -0.1) is 13.2 Å². The smallest absolute Gasteiger partial charge is 0.427 e. The lowest BCUT2D eigenvalue weighted by molar-refractivity contribution is -0.283. The first-order chi connectivity index (χ1) is 6.47. The Morgan fingerprint density at radius 1 is 1.21 bits per heavy atom. The van der Waals surface area contributed by atoms with E-state index in [1.54, 1.807) is 30.3 Å². The summed E-state index contributed by atoms with van der Waals surface area (Å²) in [4.78, 5) is 0. The summed E-state index contributed by atoms with van der Waals surface area (Å²) in [6.07, 6.45) is -4.98. The first kappa shape index (κ1) is 11.1. The van der Waals surface area contributed by atoms with Crippen LogP contribution in [0.3, 0.4) is 0 Å². The quantitative estimate of drug-likeness (QED) is 0.760. The molecule has 0 aliphatic heterocycles. The second-order valence-electron chi connectivity index (χ2n) is 2.71. The number of benzene rings is 1. The van der Waals surface area contributed by atoms with Crippen LogP contribution in [0.5, 0.6) is 0 Å². The monoisotopic (exact) mass is 204 g/mol. The summed E-state index contributed by atoms with van der Waals surface area (Å²) in [6.45, 7) is 0. The molecular weight excluding hydrogens is 196 g/mol. The summed E-state index contributed by atoms with van der Waals surface area (Å²) in [5.41, 5.74) is 0.587. The summed E-state index contributed by atoms with van der Waals surface area (Å²) >= 11 is 0. The van der Waals surface area contributed by atoms with Crippen LogP contribution >= 0.6 is 0 Å². The topological polar surface area (TPSA) is 29.5 Å². The first-order valence-corrected chi connectivity index (χ1v) is 3.94. The number of hydrogen-bond donors (Lipinski definition) is 1. The molecule has 1 aromatic carbocycles. The van der Waals surface area contributed by atoms with Gasteiger partial charge < -0.3 is 9.68 Å². The van der Waals surface area contributed by atoms with Gasteiger partial charge in [0.25, 0.3) is 0 Å². The Morgan fingerprint density at radius 3 is 2.29 bits per heavy atom. The Morgan fingerprint density at radius 2 is 1.79 bits per heavy atom. The third kappa shape index (κ3) is 4.29. The molecule has 0 aliphatic carbocycles. The van der Waals surface area contributed by atoms with Crippen LogP contribution < -0.4 is 0 Å². The van der Waals surface area contributed by atoms with Gasteiger partial charge in [-0.25, -0.2) is 0 Å². The fourth-order valence-electron chi connectivity index (χ4n) is 1.01. The molecule has 1 rings (SSSR count). The molecule has 0 saturated carbocycles. The number of alkyl halides is 3. The van der Waals surface area contributed by atoms with Crippen LogP contribution in [0.4, 0.5) is 13.2 Å². The maximum atomic E-state index is 11.6. The molecule has 0 bridgehead atoms. The number of halogens is 3. The van der Waals surface area contributed by atoms with Gasteiger partial charge in [-0.3, -0.25) is 0 Å². The summed E-state index contributed by atoms with van der Waals surface area (Å²) in [5, 5.41) is 8.90. The van der Waals surface area contributed by atoms with E-state index in [4.69, 9.17) is 5.02 Å². The van der Waals surface area contributed by atoms with Crippen LogP contribution in [0.1, 0.15) is 5.56 Å². The van der Waals surface area contributed by atoms with Gasteiger partial charge >= 0.3 is 13.5 Å². The highest BCUT2D eigenvalue weighted by Crippen LogP contribution is 2.17. The summed E-state index contributed by atoms with van der Waals surface area (Å²) in [5.74, 6) is 0. The van der Waals surface area contributed by atoms with Crippen molar-refractivity contribution in [1.82, 2.24) is 0 Å². The average Bonchev–Trinajstić information content (AvgIpc) is 2.02. The van der Waals surface area contributed by atoms with Crippen LogP contribution in [0.25, 0.3) is 0 Å². The van der Waals surface area contributed by atoms with Gasteiger partial charge in [-0.1, -0.05) is 35.9 Å². The fraction of sp³-hybridized carbons (Fsp3) is 0.250. The molecule has 0 aromatic heterocycles. The van der Waals surface area contributed by atoms with E-state index in [2.05, 4.69) is 4.65 Å². The third-order valence-electron chi connectivity index (χ3n) is 1.52. The Hall–Kier alpha value is -1.01. The Balaban J connectivity index is 2.46. The largest absolute Gasteiger partial charge is 0.510 e. The molecule has 76 valence electrons. The van der Waals surface area contributed by atoms with E-state index in [1.165, 1.54) is 0 Å². The minimum absolute atomic E-state index is 0.180.